The Morgan fingerprint density at radius 3 is 2.46 bits per heavy atom. The van der Waals surface area contributed by atoms with Gasteiger partial charge in [0.2, 0.25) is 0 Å². The molecule has 0 saturated heterocycles. The number of benzene rings is 2. The van der Waals surface area contributed by atoms with Gasteiger partial charge in [-0.25, -0.2) is 18.9 Å². The number of rotatable bonds is 7. The summed E-state index contributed by atoms with van der Waals surface area (Å²) in [4.78, 5) is 28.9. The van der Waals surface area contributed by atoms with Gasteiger partial charge in [0.25, 0.3) is 5.91 Å². The lowest BCUT2D eigenvalue weighted by Gasteiger charge is -2.13. The third kappa shape index (κ3) is 5.09. The van der Waals surface area contributed by atoms with Crippen molar-refractivity contribution in [3.63, 3.8) is 0 Å². The third-order valence-corrected chi connectivity index (χ3v) is 5.57. The molecule has 0 aliphatic heterocycles. The molecule has 0 atom stereocenters. The standard InChI is InChI=1S/C25H21FN6O3/c1-16-17(2)31(12-18-3-7-20(26)8-4-18)24(22(16)11-27)30-23(33)13-35-25(34)19-5-9-21(10-6-19)32-15-28-14-29-32/h3-10,14-15H,12-13H2,1-2H3,(H,30,33). The average molecular weight is 472 g/mol. The quantitative estimate of drug-likeness (QED) is 0.412. The smallest absolute Gasteiger partial charge is 0.338 e. The number of anilines is 1. The van der Waals surface area contributed by atoms with Gasteiger partial charge in [-0.3, -0.25) is 4.79 Å². The van der Waals surface area contributed by atoms with Crippen LogP contribution in [0.4, 0.5) is 10.2 Å². The molecule has 0 bridgehead atoms. The lowest BCUT2D eigenvalue weighted by Crippen LogP contribution is -2.23. The Bertz CT molecular complexity index is 1400. The maximum absolute atomic E-state index is 13.3. The van der Waals surface area contributed by atoms with E-state index in [4.69, 9.17) is 4.74 Å². The van der Waals surface area contributed by atoms with Gasteiger partial charge in [-0.05, 0) is 61.4 Å². The minimum Gasteiger partial charge on any atom is -0.452 e. The topological polar surface area (TPSA) is 115 Å². The maximum atomic E-state index is 13.3. The normalized spacial score (nSPS) is 10.6. The van der Waals surface area contributed by atoms with Gasteiger partial charge in [0.1, 0.15) is 30.4 Å². The van der Waals surface area contributed by atoms with E-state index in [1.165, 1.54) is 24.8 Å². The van der Waals surface area contributed by atoms with Crippen LogP contribution in [0, 0.1) is 31.0 Å². The summed E-state index contributed by atoms with van der Waals surface area (Å²) in [5.41, 5.74) is 3.59. The van der Waals surface area contributed by atoms with Crippen molar-refractivity contribution in [3.8, 4) is 11.8 Å². The highest BCUT2D eigenvalue weighted by Gasteiger charge is 2.20. The van der Waals surface area contributed by atoms with Crippen molar-refractivity contribution in [2.24, 2.45) is 0 Å². The van der Waals surface area contributed by atoms with E-state index in [1.807, 2.05) is 6.92 Å². The maximum Gasteiger partial charge on any atom is 0.338 e. The van der Waals surface area contributed by atoms with Crippen molar-refractivity contribution < 1.29 is 18.7 Å². The molecule has 2 aromatic carbocycles. The molecule has 1 amide bonds. The molecule has 9 nitrogen and oxygen atoms in total. The third-order valence-electron chi connectivity index (χ3n) is 5.57. The second kappa shape index (κ2) is 10.0. The van der Waals surface area contributed by atoms with Gasteiger partial charge in [-0.2, -0.15) is 10.4 Å². The van der Waals surface area contributed by atoms with Crippen LogP contribution in [0.25, 0.3) is 5.69 Å². The summed E-state index contributed by atoms with van der Waals surface area (Å²) in [6.45, 7) is 3.41. The van der Waals surface area contributed by atoms with Crippen LogP contribution in [0.5, 0.6) is 0 Å². The second-order valence-electron chi connectivity index (χ2n) is 7.77. The number of nitriles is 1. The van der Waals surface area contributed by atoms with Crippen molar-refractivity contribution >= 4 is 17.7 Å². The molecule has 0 fully saturated rings. The number of carbonyl (C=O) groups excluding carboxylic acids is 2. The summed E-state index contributed by atoms with van der Waals surface area (Å²) in [7, 11) is 0. The number of aromatic nitrogens is 4. The van der Waals surface area contributed by atoms with Crippen molar-refractivity contribution in [2.45, 2.75) is 20.4 Å². The van der Waals surface area contributed by atoms with Crippen LogP contribution in [0.15, 0.2) is 61.2 Å². The number of hydrogen-bond acceptors (Lipinski definition) is 6. The molecular formula is C25H21FN6O3. The summed E-state index contributed by atoms with van der Waals surface area (Å²) >= 11 is 0. The van der Waals surface area contributed by atoms with Crippen LogP contribution in [-0.2, 0) is 16.1 Å². The molecular weight excluding hydrogens is 451 g/mol. The highest BCUT2D eigenvalue weighted by molar-refractivity contribution is 5.96. The van der Waals surface area contributed by atoms with Gasteiger partial charge in [-0.1, -0.05) is 12.1 Å². The fourth-order valence-electron chi connectivity index (χ4n) is 3.57. The van der Waals surface area contributed by atoms with Crippen molar-refractivity contribution in [2.75, 3.05) is 11.9 Å². The Morgan fingerprint density at radius 1 is 1.11 bits per heavy atom. The van der Waals surface area contributed by atoms with Gasteiger partial charge >= 0.3 is 5.97 Å². The minimum atomic E-state index is -0.667. The summed E-state index contributed by atoms with van der Waals surface area (Å²) in [5, 5.41) is 16.4. The number of amides is 1. The van der Waals surface area contributed by atoms with E-state index in [2.05, 4.69) is 21.5 Å². The van der Waals surface area contributed by atoms with Crippen LogP contribution < -0.4 is 5.32 Å². The predicted octanol–water partition coefficient (Wildman–Crippen LogP) is 3.54. The summed E-state index contributed by atoms with van der Waals surface area (Å²) in [5.74, 6) is -1.31. The molecule has 176 valence electrons. The molecule has 0 aliphatic carbocycles. The monoisotopic (exact) mass is 472 g/mol. The summed E-state index contributed by atoms with van der Waals surface area (Å²) in [6, 6.07) is 14.6. The zero-order valence-corrected chi connectivity index (χ0v) is 19.0. The molecule has 10 heteroatoms. The Labute approximate surface area is 200 Å². The Hall–Kier alpha value is -4.78. The molecule has 35 heavy (non-hydrogen) atoms. The average Bonchev–Trinajstić information content (AvgIpc) is 3.48. The SMILES string of the molecule is Cc1c(C#N)c(NC(=O)COC(=O)c2ccc(-n3cncn3)cc2)n(Cc2ccc(F)cc2)c1C. The number of halogens is 1. The molecule has 4 rings (SSSR count). The van der Waals surface area contributed by atoms with Crippen LogP contribution in [0.3, 0.4) is 0 Å². The molecule has 2 aromatic heterocycles. The molecule has 0 radical (unpaired) electrons. The molecule has 0 saturated carbocycles. The second-order valence-corrected chi connectivity index (χ2v) is 7.77. The van der Waals surface area contributed by atoms with Gasteiger partial charge in [-0.15, -0.1) is 0 Å². The van der Waals surface area contributed by atoms with Crippen LogP contribution >= 0.6 is 0 Å². The lowest BCUT2D eigenvalue weighted by molar-refractivity contribution is -0.119. The first-order valence-corrected chi connectivity index (χ1v) is 10.6. The van der Waals surface area contributed by atoms with Crippen LogP contribution in [0.2, 0.25) is 0 Å². The highest BCUT2D eigenvalue weighted by atomic mass is 19.1. The summed E-state index contributed by atoms with van der Waals surface area (Å²) < 4.78 is 21.7. The van der Waals surface area contributed by atoms with Crippen molar-refractivity contribution in [1.82, 2.24) is 19.3 Å². The van der Waals surface area contributed by atoms with E-state index in [9.17, 15) is 19.2 Å². The first kappa shape index (κ1) is 23.4. The fraction of sp³-hybridized carbons (Fsp3) is 0.160. The molecule has 4 aromatic rings. The lowest BCUT2D eigenvalue weighted by atomic mass is 10.2. The van der Waals surface area contributed by atoms with Gasteiger partial charge < -0.3 is 14.6 Å². The zero-order chi connectivity index (χ0) is 24.9. The van der Waals surface area contributed by atoms with E-state index < -0.39 is 18.5 Å². The van der Waals surface area contributed by atoms with Crippen molar-refractivity contribution in [1.29, 1.82) is 5.26 Å². The van der Waals surface area contributed by atoms with Crippen LogP contribution in [0.1, 0.15) is 32.7 Å². The number of nitrogens with zero attached hydrogens (tertiary/aromatic N) is 5. The minimum absolute atomic E-state index is 0.269. The predicted molar refractivity (Wildman–Crippen MR) is 124 cm³/mol. The Balaban J connectivity index is 1.44. The molecule has 2 heterocycles. The van der Waals surface area contributed by atoms with Crippen LogP contribution in [-0.4, -0.2) is 37.8 Å². The number of nitrogens with one attached hydrogen (secondary N) is 1. The molecule has 0 unspecified atom stereocenters. The number of hydrogen-bond donors (Lipinski definition) is 1. The van der Waals surface area contributed by atoms with Gasteiger partial charge in [0.05, 0.1) is 16.8 Å². The van der Waals surface area contributed by atoms with E-state index >= 15 is 0 Å². The molecule has 0 spiro atoms. The zero-order valence-electron chi connectivity index (χ0n) is 19.0. The molecule has 0 aliphatic rings. The fourth-order valence-corrected chi connectivity index (χ4v) is 3.57. The number of carbonyl (C=O) groups is 2. The van der Waals surface area contributed by atoms with Crippen molar-refractivity contribution in [3.05, 3.63) is 95.0 Å². The number of esters is 1. The van der Waals surface area contributed by atoms with E-state index in [0.717, 1.165) is 16.8 Å². The van der Waals surface area contributed by atoms with E-state index in [1.54, 1.807) is 52.6 Å². The highest BCUT2D eigenvalue weighted by Crippen LogP contribution is 2.27. The largest absolute Gasteiger partial charge is 0.452 e. The van der Waals surface area contributed by atoms with E-state index in [0.29, 0.717) is 23.6 Å². The Morgan fingerprint density at radius 2 is 1.83 bits per heavy atom. The summed E-state index contributed by atoms with van der Waals surface area (Å²) in [6.07, 6.45) is 2.93. The van der Waals surface area contributed by atoms with Gasteiger partial charge in [0.15, 0.2) is 6.61 Å². The number of ether oxygens (including phenoxy) is 1. The Kier molecular flexibility index (Phi) is 6.69. The first-order valence-electron chi connectivity index (χ1n) is 10.6. The first-order chi connectivity index (χ1) is 16.9. The molecule has 1 N–H and O–H groups in total. The van der Waals surface area contributed by atoms with E-state index in [-0.39, 0.29) is 11.4 Å². The van der Waals surface area contributed by atoms with Gasteiger partial charge in [0, 0.05) is 12.2 Å².